The first-order chi connectivity index (χ1) is 10.7. The zero-order valence-electron chi connectivity index (χ0n) is 15.0. The fourth-order valence-electron chi connectivity index (χ4n) is 3.35. The van der Waals surface area contributed by atoms with Gasteiger partial charge in [0.25, 0.3) is 0 Å². The normalized spacial score (nSPS) is 41.1. The summed E-state index contributed by atoms with van der Waals surface area (Å²) in [6.45, 7) is 13.2. The van der Waals surface area contributed by atoms with E-state index in [-0.39, 0.29) is 24.4 Å². The van der Waals surface area contributed by atoms with Crippen LogP contribution in [0.4, 0.5) is 0 Å². The molecule has 0 saturated carbocycles. The second-order valence-corrected chi connectivity index (χ2v) is 7.97. The third-order valence-electron chi connectivity index (χ3n) is 4.37. The lowest BCUT2D eigenvalue weighted by Gasteiger charge is -2.37. The molecule has 3 heterocycles. The van der Waals surface area contributed by atoms with Gasteiger partial charge in [0.1, 0.15) is 24.4 Å². The summed E-state index contributed by atoms with van der Waals surface area (Å²) in [6.07, 6.45) is -0.312. The van der Waals surface area contributed by atoms with E-state index in [1.165, 1.54) is 0 Å². The topological polar surface area (TPSA) is 55.4 Å². The Labute approximate surface area is 138 Å². The van der Waals surface area contributed by atoms with Crippen LogP contribution < -0.4 is 0 Å². The largest absolute Gasteiger partial charge is 0.379 e. The number of hydrogen-bond acceptors (Lipinski definition) is 6. The van der Waals surface area contributed by atoms with Crippen molar-refractivity contribution < 1.29 is 28.4 Å². The van der Waals surface area contributed by atoms with Crippen molar-refractivity contribution in [2.24, 2.45) is 5.92 Å². The summed E-state index contributed by atoms with van der Waals surface area (Å²) in [7, 11) is 0. The average molecular weight is 330 g/mol. The maximum Gasteiger partial charge on any atom is 0.190 e. The molecule has 5 atom stereocenters. The van der Waals surface area contributed by atoms with Gasteiger partial charge in [-0.05, 0) is 40.0 Å². The van der Waals surface area contributed by atoms with Crippen molar-refractivity contribution in [1.29, 1.82) is 0 Å². The molecule has 3 aliphatic rings. The molecule has 3 saturated heterocycles. The SMILES string of the molecule is CC(C)CCOC[C@@H]1O[C@@H]2OC(C)(C)O[C@@H]2[C@H]2OC(C)(C)O[C@H]21. The highest BCUT2D eigenvalue weighted by Crippen LogP contribution is 2.44. The minimum Gasteiger partial charge on any atom is -0.379 e. The third kappa shape index (κ3) is 3.89. The van der Waals surface area contributed by atoms with E-state index in [1.54, 1.807) is 0 Å². The van der Waals surface area contributed by atoms with Gasteiger partial charge in [-0.15, -0.1) is 0 Å². The predicted molar refractivity (Wildman–Crippen MR) is 82.8 cm³/mol. The summed E-state index contributed by atoms with van der Waals surface area (Å²) in [5, 5.41) is 0. The van der Waals surface area contributed by atoms with Crippen molar-refractivity contribution in [3.05, 3.63) is 0 Å². The number of hydrogen-bond donors (Lipinski definition) is 0. The maximum absolute atomic E-state index is 6.08. The standard InChI is InChI=1S/C17H30O6/c1-10(2)7-8-18-9-11-12-13(21-16(3,4)20-12)14-15(19-11)23-17(5,6)22-14/h10-15H,7-9H2,1-6H3/t11-,12-,13-,14+,15+/m0/s1. The van der Waals surface area contributed by atoms with E-state index in [2.05, 4.69) is 13.8 Å². The van der Waals surface area contributed by atoms with Crippen LogP contribution in [0.3, 0.4) is 0 Å². The molecule has 134 valence electrons. The van der Waals surface area contributed by atoms with E-state index < -0.39 is 17.9 Å². The van der Waals surface area contributed by atoms with Gasteiger partial charge in [0.05, 0.1) is 6.61 Å². The Hall–Kier alpha value is -0.240. The van der Waals surface area contributed by atoms with Crippen LogP contribution in [0.5, 0.6) is 0 Å². The van der Waals surface area contributed by atoms with Crippen LogP contribution in [0.15, 0.2) is 0 Å². The number of ether oxygens (including phenoxy) is 6. The molecular weight excluding hydrogens is 300 g/mol. The molecule has 0 bridgehead atoms. The fourth-order valence-corrected chi connectivity index (χ4v) is 3.35. The molecule has 0 aromatic rings. The molecule has 3 rings (SSSR count). The first kappa shape index (κ1) is 17.6. The molecule has 6 nitrogen and oxygen atoms in total. The zero-order chi connectivity index (χ0) is 16.8. The molecular formula is C17H30O6. The van der Waals surface area contributed by atoms with Gasteiger partial charge in [-0.1, -0.05) is 13.8 Å². The van der Waals surface area contributed by atoms with Crippen molar-refractivity contribution in [3.63, 3.8) is 0 Å². The van der Waals surface area contributed by atoms with Crippen LogP contribution in [-0.2, 0) is 28.4 Å². The lowest BCUT2D eigenvalue weighted by atomic mass is 9.99. The molecule has 6 heteroatoms. The third-order valence-corrected chi connectivity index (χ3v) is 4.37. The highest BCUT2D eigenvalue weighted by molar-refractivity contribution is 5.00. The van der Waals surface area contributed by atoms with Gasteiger partial charge in [-0.3, -0.25) is 0 Å². The Morgan fingerprint density at radius 3 is 2.17 bits per heavy atom. The molecule has 23 heavy (non-hydrogen) atoms. The lowest BCUT2D eigenvalue weighted by Crippen LogP contribution is -2.56. The summed E-state index contributed by atoms with van der Waals surface area (Å²) in [6, 6.07) is 0. The van der Waals surface area contributed by atoms with Crippen LogP contribution in [0.1, 0.15) is 48.0 Å². The quantitative estimate of drug-likeness (QED) is 0.722. The van der Waals surface area contributed by atoms with E-state index in [0.29, 0.717) is 12.5 Å². The summed E-state index contributed by atoms with van der Waals surface area (Å²) >= 11 is 0. The fraction of sp³-hybridized carbons (Fsp3) is 1.00. The van der Waals surface area contributed by atoms with Crippen LogP contribution in [0.25, 0.3) is 0 Å². The molecule has 0 aromatic heterocycles. The summed E-state index contributed by atoms with van der Waals surface area (Å²) < 4.78 is 35.9. The monoisotopic (exact) mass is 330 g/mol. The van der Waals surface area contributed by atoms with Gasteiger partial charge < -0.3 is 28.4 Å². The van der Waals surface area contributed by atoms with Gasteiger partial charge in [0.2, 0.25) is 0 Å². The molecule has 0 N–H and O–H groups in total. The molecule has 3 aliphatic heterocycles. The molecule has 0 unspecified atom stereocenters. The van der Waals surface area contributed by atoms with E-state index >= 15 is 0 Å². The number of fused-ring (bicyclic) bond motifs is 3. The Balaban J connectivity index is 1.66. The molecule has 0 aliphatic carbocycles. The molecule has 0 amide bonds. The lowest BCUT2D eigenvalue weighted by molar-refractivity contribution is -0.243. The first-order valence-electron chi connectivity index (χ1n) is 8.61. The Morgan fingerprint density at radius 1 is 0.870 bits per heavy atom. The summed E-state index contributed by atoms with van der Waals surface area (Å²) in [5.74, 6) is -0.708. The highest BCUT2D eigenvalue weighted by atomic mass is 16.9. The van der Waals surface area contributed by atoms with E-state index in [4.69, 9.17) is 28.4 Å². The van der Waals surface area contributed by atoms with Crippen LogP contribution in [-0.4, -0.2) is 55.5 Å². The highest BCUT2D eigenvalue weighted by Gasteiger charge is 2.60. The van der Waals surface area contributed by atoms with E-state index in [9.17, 15) is 0 Å². The van der Waals surface area contributed by atoms with Crippen molar-refractivity contribution in [2.75, 3.05) is 13.2 Å². The van der Waals surface area contributed by atoms with Crippen molar-refractivity contribution in [2.45, 2.75) is 90.2 Å². The molecule has 0 radical (unpaired) electrons. The predicted octanol–water partition coefficient (Wildman–Crippen LogP) is 2.45. The Bertz CT molecular complexity index is 421. The minimum atomic E-state index is -0.677. The van der Waals surface area contributed by atoms with Gasteiger partial charge >= 0.3 is 0 Å². The summed E-state index contributed by atoms with van der Waals surface area (Å²) in [4.78, 5) is 0. The first-order valence-corrected chi connectivity index (χ1v) is 8.61. The molecule has 0 aromatic carbocycles. The minimum absolute atomic E-state index is 0.204. The van der Waals surface area contributed by atoms with Crippen LogP contribution >= 0.6 is 0 Å². The summed E-state index contributed by atoms with van der Waals surface area (Å²) in [5.41, 5.74) is 0. The average Bonchev–Trinajstić information content (AvgIpc) is 2.88. The second kappa shape index (κ2) is 6.24. The Kier molecular flexibility index (Phi) is 4.77. The van der Waals surface area contributed by atoms with Gasteiger partial charge in [0, 0.05) is 6.61 Å². The van der Waals surface area contributed by atoms with E-state index in [1.807, 2.05) is 27.7 Å². The van der Waals surface area contributed by atoms with Crippen molar-refractivity contribution in [1.82, 2.24) is 0 Å². The number of rotatable bonds is 5. The zero-order valence-corrected chi connectivity index (χ0v) is 15.0. The van der Waals surface area contributed by atoms with Gasteiger partial charge in [-0.25, -0.2) is 0 Å². The van der Waals surface area contributed by atoms with Crippen LogP contribution in [0, 0.1) is 5.92 Å². The molecule has 3 fully saturated rings. The molecule has 0 spiro atoms. The van der Waals surface area contributed by atoms with Crippen LogP contribution in [0.2, 0.25) is 0 Å². The van der Waals surface area contributed by atoms with Gasteiger partial charge in [0.15, 0.2) is 17.9 Å². The smallest absolute Gasteiger partial charge is 0.190 e. The van der Waals surface area contributed by atoms with Crippen molar-refractivity contribution >= 4 is 0 Å². The maximum atomic E-state index is 6.08. The van der Waals surface area contributed by atoms with E-state index in [0.717, 1.165) is 13.0 Å². The van der Waals surface area contributed by atoms with Crippen molar-refractivity contribution in [3.8, 4) is 0 Å². The second-order valence-electron chi connectivity index (χ2n) is 7.97. The van der Waals surface area contributed by atoms with Gasteiger partial charge in [-0.2, -0.15) is 0 Å². The Morgan fingerprint density at radius 2 is 1.48 bits per heavy atom.